The Bertz CT molecular complexity index is 157. The van der Waals surface area contributed by atoms with E-state index in [4.69, 9.17) is 0 Å². The van der Waals surface area contributed by atoms with Crippen molar-refractivity contribution in [3.63, 3.8) is 0 Å². The van der Waals surface area contributed by atoms with Crippen LogP contribution in [0.3, 0.4) is 0 Å². The Kier molecular flexibility index (Phi) is 10.1. The van der Waals surface area contributed by atoms with Crippen LogP contribution in [0.2, 0.25) is 0 Å². The molecule has 1 heteroatoms. The van der Waals surface area contributed by atoms with Crippen molar-refractivity contribution < 1.29 is 4.79 Å². The SMILES string of the molecule is CCCCCCC(CC=C=O)CCC. The summed E-state index contributed by atoms with van der Waals surface area (Å²) in [5.41, 5.74) is 0. The lowest BCUT2D eigenvalue weighted by molar-refractivity contribution is 0.425. The monoisotopic (exact) mass is 196 g/mol. The van der Waals surface area contributed by atoms with Gasteiger partial charge in [-0.3, -0.25) is 0 Å². The minimum absolute atomic E-state index is 0.721. The summed E-state index contributed by atoms with van der Waals surface area (Å²) >= 11 is 0. The first kappa shape index (κ1) is 13.4. The maximum absolute atomic E-state index is 10.1. The zero-order valence-electron chi connectivity index (χ0n) is 9.72. The smallest absolute Gasteiger partial charge is 0.120 e. The highest BCUT2D eigenvalue weighted by molar-refractivity contribution is 5.44. The van der Waals surface area contributed by atoms with Crippen molar-refractivity contribution in [2.45, 2.75) is 65.2 Å². The van der Waals surface area contributed by atoms with E-state index in [2.05, 4.69) is 13.8 Å². The molecule has 0 aromatic carbocycles. The third-order valence-electron chi connectivity index (χ3n) is 2.70. The molecule has 0 N–H and O–H groups in total. The molecule has 1 atom stereocenters. The van der Waals surface area contributed by atoms with Crippen LogP contribution in [0.4, 0.5) is 0 Å². The second-order valence-electron chi connectivity index (χ2n) is 4.06. The van der Waals surface area contributed by atoms with Gasteiger partial charge in [-0.2, -0.15) is 0 Å². The fourth-order valence-corrected chi connectivity index (χ4v) is 1.86. The Morgan fingerprint density at radius 3 is 2.43 bits per heavy atom. The largest absolute Gasteiger partial charge is 0.234 e. The maximum atomic E-state index is 10.1. The van der Waals surface area contributed by atoms with Crippen molar-refractivity contribution in [1.82, 2.24) is 0 Å². The van der Waals surface area contributed by atoms with Gasteiger partial charge in [0.15, 0.2) is 0 Å². The molecule has 0 aliphatic rings. The Morgan fingerprint density at radius 2 is 1.86 bits per heavy atom. The van der Waals surface area contributed by atoms with Gasteiger partial charge in [-0.1, -0.05) is 58.8 Å². The molecule has 0 saturated heterocycles. The van der Waals surface area contributed by atoms with Gasteiger partial charge in [-0.25, -0.2) is 4.79 Å². The van der Waals surface area contributed by atoms with Crippen LogP contribution in [-0.4, -0.2) is 5.94 Å². The number of rotatable bonds is 9. The van der Waals surface area contributed by atoms with Gasteiger partial charge in [0, 0.05) is 6.08 Å². The number of carbonyl (C=O) groups excluding carboxylic acids is 1. The fourth-order valence-electron chi connectivity index (χ4n) is 1.86. The molecule has 0 aromatic rings. The van der Waals surface area contributed by atoms with Crippen LogP contribution in [0.1, 0.15) is 65.2 Å². The van der Waals surface area contributed by atoms with Crippen LogP contribution in [-0.2, 0) is 4.79 Å². The average Bonchev–Trinajstić information content (AvgIpc) is 2.20. The first-order chi connectivity index (χ1) is 6.85. The molecule has 0 saturated carbocycles. The topological polar surface area (TPSA) is 17.1 Å². The van der Waals surface area contributed by atoms with Crippen molar-refractivity contribution in [3.8, 4) is 0 Å². The molecule has 0 heterocycles. The van der Waals surface area contributed by atoms with Crippen LogP contribution in [0.25, 0.3) is 0 Å². The van der Waals surface area contributed by atoms with E-state index >= 15 is 0 Å². The van der Waals surface area contributed by atoms with Crippen LogP contribution in [0.5, 0.6) is 0 Å². The lowest BCUT2D eigenvalue weighted by atomic mass is 9.93. The Morgan fingerprint density at radius 1 is 1.07 bits per heavy atom. The highest BCUT2D eigenvalue weighted by Gasteiger charge is 2.05. The molecule has 0 spiro atoms. The fraction of sp³-hybridized carbons (Fsp3) is 0.846. The normalized spacial score (nSPS) is 12.1. The van der Waals surface area contributed by atoms with Gasteiger partial charge in [-0.05, 0) is 12.3 Å². The molecule has 0 fully saturated rings. The lowest BCUT2D eigenvalue weighted by Gasteiger charge is -2.12. The Labute approximate surface area is 88.6 Å². The number of hydrogen-bond acceptors (Lipinski definition) is 1. The molecule has 14 heavy (non-hydrogen) atoms. The zero-order valence-corrected chi connectivity index (χ0v) is 9.72. The first-order valence-electron chi connectivity index (χ1n) is 6.04. The molecule has 0 rings (SSSR count). The van der Waals surface area contributed by atoms with Gasteiger partial charge in [0.1, 0.15) is 5.94 Å². The van der Waals surface area contributed by atoms with E-state index in [1.807, 2.05) is 5.94 Å². The summed E-state index contributed by atoms with van der Waals surface area (Å²) in [5, 5.41) is 0. The van der Waals surface area contributed by atoms with E-state index < -0.39 is 0 Å². The van der Waals surface area contributed by atoms with E-state index in [0.717, 1.165) is 12.3 Å². The molecule has 0 aliphatic carbocycles. The Hall–Kier alpha value is -0.550. The lowest BCUT2D eigenvalue weighted by Crippen LogP contribution is -1.98. The minimum atomic E-state index is 0.721. The highest BCUT2D eigenvalue weighted by atomic mass is 16.1. The molecule has 0 radical (unpaired) electrons. The van der Waals surface area contributed by atoms with Gasteiger partial charge in [0.05, 0.1) is 0 Å². The van der Waals surface area contributed by atoms with Crippen LogP contribution in [0, 0.1) is 5.92 Å². The van der Waals surface area contributed by atoms with Crippen molar-refractivity contribution in [2.75, 3.05) is 0 Å². The predicted octanol–water partition coefficient (Wildman–Crippen LogP) is 4.15. The third kappa shape index (κ3) is 8.07. The quantitative estimate of drug-likeness (QED) is 0.400. The summed E-state index contributed by atoms with van der Waals surface area (Å²) in [6, 6.07) is 0. The summed E-state index contributed by atoms with van der Waals surface area (Å²) in [4.78, 5) is 10.1. The summed E-state index contributed by atoms with van der Waals surface area (Å²) < 4.78 is 0. The molecule has 82 valence electrons. The third-order valence-corrected chi connectivity index (χ3v) is 2.70. The Balaban J connectivity index is 3.55. The van der Waals surface area contributed by atoms with Gasteiger partial charge in [-0.15, -0.1) is 0 Å². The maximum Gasteiger partial charge on any atom is 0.120 e. The summed E-state index contributed by atoms with van der Waals surface area (Å²) in [6.07, 6.45) is 11.7. The number of unbranched alkanes of at least 4 members (excludes halogenated alkanes) is 3. The van der Waals surface area contributed by atoms with E-state index in [0.29, 0.717) is 0 Å². The second-order valence-corrected chi connectivity index (χ2v) is 4.06. The zero-order chi connectivity index (χ0) is 10.6. The molecular formula is C13H24O. The number of hydrogen-bond donors (Lipinski definition) is 0. The van der Waals surface area contributed by atoms with Crippen LogP contribution >= 0.6 is 0 Å². The highest BCUT2D eigenvalue weighted by Crippen LogP contribution is 2.19. The van der Waals surface area contributed by atoms with E-state index in [1.165, 1.54) is 44.9 Å². The predicted molar refractivity (Wildman–Crippen MR) is 62.0 cm³/mol. The average molecular weight is 196 g/mol. The molecule has 1 nitrogen and oxygen atoms in total. The summed E-state index contributed by atoms with van der Waals surface area (Å²) in [5.74, 6) is 2.60. The summed E-state index contributed by atoms with van der Waals surface area (Å²) in [6.45, 7) is 4.45. The standard InChI is InChI=1S/C13H24O/c1-3-5-6-7-10-13(9-4-2)11-8-12-14/h8,13H,3-7,9-11H2,1-2H3. The molecule has 0 bridgehead atoms. The molecular weight excluding hydrogens is 172 g/mol. The van der Waals surface area contributed by atoms with Crippen molar-refractivity contribution >= 4 is 5.94 Å². The first-order valence-corrected chi connectivity index (χ1v) is 6.04. The van der Waals surface area contributed by atoms with Crippen LogP contribution < -0.4 is 0 Å². The van der Waals surface area contributed by atoms with Gasteiger partial charge < -0.3 is 0 Å². The van der Waals surface area contributed by atoms with Crippen molar-refractivity contribution in [3.05, 3.63) is 6.08 Å². The second kappa shape index (κ2) is 10.5. The molecule has 0 aromatic heterocycles. The van der Waals surface area contributed by atoms with Crippen LogP contribution in [0.15, 0.2) is 6.08 Å². The molecule has 1 unspecified atom stereocenters. The van der Waals surface area contributed by atoms with Gasteiger partial charge in [0.25, 0.3) is 0 Å². The van der Waals surface area contributed by atoms with Gasteiger partial charge >= 0.3 is 0 Å². The van der Waals surface area contributed by atoms with E-state index in [-0.39, 0.29) is 0 Å². The molecule has 0 aliphatic heterocycles. The van der Waals surface area contributed by atoms with E-state index in [9.17, 15) is 4.79 Å². The van der Waals surface area contributed by atoms with Gasteiger partial charge in [0.2, 0.25) is 0 Å². The van der Waals surface area contributed by atoms with E-state index in [1.54, 1.807) is 6.08 Å². The molecule has 0 amide bonds. The summed E-state index contributed by atoms with van der Waals surface area (Å²) in [7, 11) is 0. The number of allylic oxidation sites excluding steroid dienone is 1. The van der Waals surface area contributed by atoms with Crippen molar-refractivity contribution in [2.24, 2.45) is 5.92 Å². The minimum Gasteiger partial charge on any atom is -0.234 e. The van der Waals surface area contributed by atoms with Crippen molar-refractivity contribution in [1.29, 1.82) is 0 Å².